The van der Waals surface area contributed by atoms with E-state index in [1.165, 1.54) is 6.20 Å². The van der Waals surface area contributed by atoms with Crippen LogP contribution in [0.15, 0.2) is 55.1 Å². The third kappa shape index (κ3) is 5.19. The standard InChI is InChI=1S/C29H30N8O4/c1-29(2,39)17-41-23-9-24(27-19(10-30)12-33-36(27)16-23)18-4-6-25(31-11-18)35-14-21-8-22(15-35)37(21)28(38)34-20-5-7-26(40-3)32-13-20/h4-7,9,11-13,16,21-22,39H,8,14-15,17H2,1-3H3,(H,34,38). The number of hydrogen-bond acceptors (Lipinski definition) is 9. The Morgan fingerprint density at radius 1 is 1.17 bits per heavy atom. The lowest BCUT2D eigenvalue weighted by molar-refractivity contribution is 0.0283. The van der Waals surface area contributed by atoms with Crippen LogP contribution in [0.2, 0.25) is 0 Å². The number of amides is 2. The monoisotopic (exact) mass is 554 g/mol. The van der Waals surface area contributed by atoms with Crippen molar-refractivity contribution < 1.29 is 19.4 Å². The Labute approximate surface area is 236 Å². The fraction of sp³-hybridized carbons (Fsp3) is 0.345. The number of aliphatic hydroxyl groups is 1. The van der Waals surface area contributed by atoms with Gasteiger partial charge in [-0.3, -0.25) is 0 Å². The van der Waals surface area contributed by atoms with Gasteiger partial charge >= 0.3 is 6.03 Å². The van der Waals surface area contributed by atoms with Crippen molar-refractivity contribution in [2.75, 3.05) is 37.0 Å². The normalized spacial score (nSPS) is 18.0. The van der Waals surface area contributed by atoms with Crippen molar-refractivity contribution in [3.8, 4) is 28.8 Å². The van der Waals surface area contributed by atoms with E-state index in [4.69, 9.17) is 14.5 Å². The zero-order valence-electron chi connectivity index (χ0n) is 23.0. The maximum Gasteiger partial charge on any atom is 0.322 e. The smallest absolute Gasteiger partial charge is 0.322 e. The second kappa shape index (κ2) is 10.3. The lowest BCUT2D eigenvalue weighted by Gasteiger charge is -2.56. The number of nitriles is 1. The van der Waals surface area contributed by atoms with Gasteiger partial charge in [-0.25, -0.2) is 19.3 Å². The molecule has 2 bridgehead atoms. The summed E-state index contributed by atoms with van der Waals surface area (Å²) in [5.41, 5.74) is 2.28. The average Bonchev–Trinajstić information content (AvgIpc) is 3.39. The Balaban J connectivity index is 1.17. The van der Waals surface area contributed by atoms with E-state index < -0.39 is 5.60 Å². The van der Waals surface area contributed by atoms with Crippen LogP contribution in [0.1, 0.15) is 25.8 Å². The minimum Gasteiger partial charge on any atom is -0.489 e. The SMILES string of the molecule is COc1ccc(NC(=O)N2C3CC2CN(c2ccc(-c4cc(OCC(C)(C)O)cn5ncc(C#N)c45)cn2)C3)cn1. The summed E-state index contributed by atoms with van der Waals surface area (Å²) in [4.78, 5) is 25.9. The maximum absolute atomic E-state index is 12.9. The highest BCUT2D eigenvalue weighted by Crippen LogP contribution is 2.36. The molecule has 3 fully saturated rings. The van der Waals surface area contributed by atoms with Crippen molar-refractivity contribution in [2.45, 2.75) is 38.0 Å². The molecule has 7 rings (SSSR count). The lowest BCUT2D eigenvalue weighted by Crippen LogP contribution is -2.71. The first-order chi connectivity index (χ1) is 19.7. The second-order valence-electron chi connectivity index (χ2n) is 10.9. The Morgan fingerprint density at radius 2 is 1.98 bits per heavy atom. The molecule has 3 saturated heterocycles. The van der Waals surface area contributed by atoms with Crippen molar-refractivity contribution in [2.24, 2.45) is 0 Å². The topological polar surface area (TPSA) is 141 Å². The molecule has 4 aromatic heterocycles. The number of aromatic nitrogens is 4. The summed E-state index contributed by atoms with van der Waals surface area (Å²) in [7, 11) is 1.55. The van der Waals surface area contributed by atoms with Crippen LogP contribution in [0, 0.1) is 11.3 Å². The third-order valence-electron chi connectivity index (χ3n) is 7.31. The maximum atomic E-state index is 12.9. The molecule has 2 unspecified atom stereocenters. The minimum atomic E-state index is -1.00. The van der Waals surface area contributed by atoms with Crippen LogP contribution < -0.4 is 19.7 Å². The van der Waals surface area contributed by atoms with Gasteiger partial charge in [0, 0.05) is 36.5 Å². The minimum absolute atomic E-state index is 0.0932. The molecule has 12 nitrogen and oxygen atoms in total. The number of piperazine rings is 1. The van der Waals surface area contributed by atoms with Crippen LogP contribution in [0.4, 0.5) is 16.3 Å². The van der Waals surface area contributed by atoms with Crippen LogP contribution in [-0.2, 0) is 0 Å². The molecule has 0 saturated carbocycles. The number of rotatable bonds is 7. The molecular formula is C29H30N8O4. The first kappa shape index (κ1) is 26.3. The van der Waals surface area contributed by atoms with Gasteiger partial charge in [-0.15, -0.1) is 0 Å². The van der Waals surface area contributed by atoms with Gasteiger partial charge < -0.3 is 29.7 Å². The predicted molar refractivity (Wildman–Crippen MR) is 151 cm³/mol. The van der Waals surface area contributed by atoms with E-state index in [0.717, 1.165) is 23.4 Å². The van der Waals surface area contributed by atoms with Crippen molar-refractivity contribution in [1.82, 2.24) is 24.5 Å². The summed E-state index contributed by atoms with van der Waals surface area (Å²) in [6.07, 6.45) is 7.53. The number of nitrogens with zero attached hydrogens (tertiary/aromatic N) is 7. The molecule has 41 heavy (non-hydrogen) atoms. The number of hydrogen-bond donors (Lipinski definition) is 2. The number of urea groups is 1. The van der Waals surface area contributed by atoms with Crippen molar-refractivity contribution in [3.63, 3.8) is 0 Å². The van der Waals surface area contributed by atoms with Crippen LogP contribution in [0.25, 0.3) is 16.6 Å². The Hall–Kier alpha value is -4.89. The number of pyridine rings is 3. The average molecular weight is 555 g/mol. The van der Waals surface area contributed by atoms with E-state index in [0.29, 0.717) is 41.5 Å². The summed E-state index contributed by atoms with van der Waals surface area (Å²) < 4.78 is 12.5. The molecule has 3 aliphatic heterocycles. The number of nitrogens with one attached hydrogen (secondary N) is 1. The summed E-state index contributed by atoms with van der Waals surface area (Å²) in [6, 6.07) is 11.5. The van der Waals surface area contributed by atoms with Gasteiger partial charge in [0.05, 0.1) is 60.2 Å². The highest BCUT2D eigenvalue weighted by Gasteiger charge is 2.47. The molecule has 12 heteroatoms. The van der Waals surface area contributed by atoms with Crippen LogP contribution in [0.5, 0.6) is 11.6 Å². The quantitative estimate of drug-likeness (QED) is 0.352. The molecule has 0 aromatic carbocycles. The van der Waals surface area contributed by atoms with Gasteiger partial charge in [-0.05, 0) is 44.5 Å². The van der Waals surface area contributed by atoms with E-state index in [1.807, 2.05) is 23.1 Å². The third-order valence-corrected chi connectivity index (χ3v) is 7.31. The van der Waals surface area contributed by atoms with E-state index >= 15 is 0 Å². The Bertz CT molecular complexity index is 1610. The second-order valence-corrected chi connectivity index (χ2v) is 10.9. The number of anilines is 2. The molecule has 7 heterocycles. The zero-order valence-corrected chi connectivity index (χ0v) is 23.0. The van der Waals surface area contributed by atoms with Gasteiger partial charge in [0.2, 0.25) is 5.88 Å². The lowest BCUT2D eigenvalue weighted by atomic mass is 9.88. The molecule has 4 aromatic rings. The van der Waals surface area contributed by atoms with Crippen molar-refractivity contribution in [1.29, 1.82) is 5.26 Å². The van der Waals surface area contributed by atoms with Gasteiger partial charge in [0.15, 0.2) is 0 Å². The highest BCUT2D eigenvalue weighted by atomic mass is 16.5. The molecular weight excluding hydrogens is 524 g/mol. The Morgan fingerprint density at radius 3 is 2.61 bits per heavy atom. The molecule has 3 aliphatic rings. The summed E-state index contributed by atoms with van der Waals surface area (Å²) in [5.74, 6) is 1.83. The van der Waals surface area contributed by atoms with Crippen molar-refractivity contribution in [3.05, 3.63) is 60.7 Å². The number of carbonyl (C=O) groups excluding carboxylic acids is 1. The molecule has 2 atom stereocenters. The zero-order chi connectivity index (χ0) is 28.7. The first-order valence-electron chi connectivity index (χ1n) is 13.3. The Kier molecular flexibility index (Phi) is 6.59. The van der Waals surface area contributed by atoms with E-state index in [9.17, 15) is 15.2 Å². The van der Waals surface area contributed by atoms with E-state index in [-0.39, 0.29) is 24.7 Å². The van der Waals surface area contributed by atoms with E-state index in [2.05, 4.69) is 26.4 Å². The van der Waals surface area contributed by atoms with Gasteiger partial charge in [0.1, 0.15) is 24.2 Å². The molecule has 0 spiro atoms. The largest absolute Gasteiger partial charge is 0.489 e. The predicted octanol–water partition coefficient (Wildman–Crippen LogP) is 3.32. The number of fused-ring (bicyclic) bond motifs is 3. The number of ether oxygens (including phenoxy) is 2. The van der Waals surface area contributed by atoms with Crippen LogP contribution in [-0.4, -0.2) is 80.1 Å². The van der Waals surface area contributed by atoms with Crippen molar-refractivity contribution >= 4 is 23.1 Å². The van der Waals surface area contributed by atoms with Gasteiger partial charge in [-0.2, -0.15) is 10.4 Å². The summed E-state index contributed by atoms with van der Waals surface area (Å²) in [5, 5.41) is 27.0. The summed E-state index contributed by atoms with van der Waals surface area (Å²) >= 11 is 0. The number of methoxy groups -OCH3 is 1. The first-order valence-corrected chi connectivity index (χ1v) is 13.3. The fourth-order valence-corrected chi connectivity index (χ4v) is 5.36. The molecule has 2 amide bonds. The van der Waals surface area contributed by atoms with E-state index in [1.54, 1.807) is 56.2 Å². The highest BCUT2D eigenvalue weighted by molar-refractivity contribution is 5.90. The molecule has 2 N–H and O–H groups in total. The number of piperidine rings is 1. The van der Waals surface area contributed by atoms with Crippen LogP contribution >= 0.6 is 0 Å². The summed E-state index contributed by atoms with van der Waals surface area (Å²) in [6.45, 7) is 4.81. The van der Waals surface area contributed by atoms with Gasteiger partial charge in [-0.1, -0.05) is 0 Å². The molecule has 0 aliphatic carbocycles. The molecule has 210 valence electrons. The number of carbonyl (C=O) groups is 1. The molecule has 0 radical (unpaired) electrons. The fourth-order valence-electron chi connectivity index (χ4n) is 5.36. The van der Waals surface area contributed by atoms with Gasteiger partial charge in [0.25, 0.3) is 0 Å². The van der Waals surface area contributed by atoms with Crippen LogP contribution in [0.3, 0.4) is 0 Å².